The van der Waals surface area contributed by atoms with E-state index in [-0.39, 0.29) is 4.75 Å². The quantitative estimate of drug-likeness (QED) is 0.490. The molecule has 0 aromatic heterocycles. The number of thioether (sulfide) groups is 1. The predicted molar refractivity (Wildman–Crippen MR) is 56.7 cm³/mol. The summed E-state index contributed by atoms with van der Waals surface area (Å²) in [5, 5.41) is 8.79. The second-order valence-corrected chi connectivity index (χ2v) is 4.90. The minimum Gasteiger partial charge on any atom is -0.197 e. The number of hydrogen-bond acceptors (Lipinski definition) is 2. The number of nitriles is 1. The number of rotatable bonds is 6. The zero-order chi connectivity index (χ0) is 9.45. The summed E-state index contributed by atoms with van der Waals surface area (Å²) in [5.41, 5.74) is 0. The molecule has 0 fully saturated rings. The van der Waals surface area contributed by atoms with Crippen LogP contribution in [-0.4, -0.2) is 16.4 Å². The van der Waals surface area contributed by atoms with E-state index in [4.69, 9.17) is 16.9 Å². The summed E-state index contributed by atoms with van der Waals surface area (Å²) in [6.45, 7) is 4.08. The van der Waals surface area contributed by atoms with Gasteiger partial charge in [0.05, 0.1) is 11.9 Å². The predicted octanol–water partition coefficient (Wildman–Crippen LogP) is 3.43. The Balaban J connectivity index is 3.54. The Morgan fingerprint density at radius 2 is 2.17 bits per heavy atom. The van der Waals surface area contributed by atoms with E-state index in [0.717, 1.165) is 5.75 Å². The van der Waals surface area contributed by atoms with Gasteiger partial charge in [0.15, 0.2) is 0 Å². The second-order valence-electron chi connectivity index (χ2n) is 3.03. The van der Waals surface area contributed by atoms with Gasteiger partial charge in [-0.3, -0.25) is 0 Å². The molecule has 0 heterocycles. The second kappa shape index (κ2) is 6.62. The number of alkyl halides is 1. The van der Waals surface area contributed by atoms with Crippen molar-refractivity contribution in [2.75, 3.05) is 11.6 Å². The minimum absolute atomic E-state index is 0.380. The van der Waals surface area contributed by atoms with Crippen LogP contribution in [0.2, 0.25) is 0 Å². The van der Waals surface area contributed by atoms with Gasteiger partial charge >= 0.3 is 0 Å². The molecule has 0 aliphatic heterocycles. The maximum absolute atomic E-state index is 8.79. The summed E-state index contributed by atoms with van der Waals surface area (Å²) >= 11 is 7.35. The highest BCUT2D eigenvalue weighted by Gasteiger charge is 2.22. The molecule has 0 bridgehead atoms. The zero-order valence-electron chi connectivity index (χ0n) is 7.77. The third kappa shape index (κ3) is 4.90. The summed E-state index contributed by atoms with van der Waals surface area (Å²) in [6, 6.07) is 2.24. The lowest BCUT2D eigenvalue weighted by Crippen LogP contribution is -2.19. The Bertz CT molecular complexity index is 155. The molecule has 0 radical (unpaired) electrons. The molecule has 0 saturated carbocycles. The van der Waals surface area contributed by atoms with Crippen molar-refractivity contribution in [1.29, 1.82) is 5.26 Å². The number of hydrogen-bond donors (Lipinski definition) is 0. The van der Waals surface area contributed by atoms with Gasteiger partial charge in [0.1, 0.15) is 4.75 Å². The Morgan fingerprint density at radius 3 is 2.58 bits per heavy atom. The molecule has 0 rings (SSSR count). The van der Waals surface area contributed by atoms with Crippen molar-refractivity contribution in [3.63, 3.8) is 0 Å². The molecule has 3 heteroatoms. The Labute approximate surface area is 84.5 Å². The van der Waals surface area contributed by atoms with Crippen LogP contribution in [0.5, 0.6) is 0 Å². The highest BCUT2D eigenvalue weighted by molar-refractivity contribution is 8.00. The average molecular weight is 206 g/mol. The highest BCUT2D eigenvalue weighted by atomic mass is 35.5. The van der Waals surface area contributed by atoms with E-state index in [1.807, 2.05) is 6.92 Å². The summed E-state index contributed by atoms with van der Waals surface area (Å²) in [5.74, 6) is 1.46. The van der Waals surface area contributed by atoms with Gasteiger partial charge in [-0.05, 0) is 19.1 Å². The monoisotopic (exact) mass is 205 g/mol. The molecule has 0 aliphatic carbocycles. The molecular formula is C9H16ClNS. The van der Waals surface area contributed by atoms with Gasteiger partial charge in [-0.25, -0.2) is 0 Å². The molecule has 0 aliphatic rings. The lowest BCUT2D eigenvalue weighted by Gasteiger charge is -2.16. The van der Waals surface area contributed by atoms with Crippen LogP contribution in [0.4, 0.5) is 0 Å². The largest absolute Gasteiger partial charge is 0.197 e. The van der Waals surface area contributed by atoms with Crippen LogP contribution in [0.25, 0.3) is 0 Å². The van der Waals surface area contributed by atoms with Gasteiger partial charge in [0.25, 0.3) is 0 Å². The normalized spacial score (nSPS) is 15.2. The van der Waals surface area contributed by atoms with Crippen LogP contribution in [-0.2, 0) is 0 Å². The van der Waals surface area contributed by atoms with E-state index in [1.54, 1.807) is 11.8 Å². The fraction of sp³-hybridized carbons (Fsp3) is 0.889. The van der Waals surface area contributed by atoms with Crippen LogP contribution in [0.15, 0.2) is 0 Å². The van der Waals surface area contributed by atoms with Crippen molar-refractivity contribution >= 4 is 23.4 Å². The third-order valence-corrected chi connectivity index (χ3v) is 3.72. The summed E-state index contributed by atoms with van der Waals surface area (Å²) < 4.78 is -0.380. The van der Waals surface area contributed by atoms with E-state index in [1.165, 1.54) is 19.3 Å². The molecule has 0 saturated heterocycles. The highest BCUT2D eigenvalue weighted by Crippen LogP contribution is 2.26. The molecule has 0 aromatic rings. The molecule has 0 aromatic carbocycles. The molecule has 12 heavy (non-hydrogen) atoms. The van der Waals surface area contributed by atoms with Crippen LogP contribution < -0.4 is 0 Å². The van der Waals surface area contributed by atoms with Crippen LogP contribution >= 0.6 is 23.4 Å². The Hall–Kier alpha value is 0.130. The third-order valence-electron chi connectivity index (χ3n) is 1.66. The van der Waals surface area contributed by atoms with Crippen molar-refractivity contribution in [1.82, 2.24) is 0 Å². The smallest absolute Gasteiger partial charge is 0.113 e. The van der Waals surface area contributed by atoms with Crippen molar-refractivity contribution in [3.05, 3.63) is 0 Å². The maximum Gasteiger partial charge on any atom is 0.113 e. The molecule has 1 unspecified atom stereocenters. The lowest BCUT2D eigenvalue weighted by molar-refractivity contribution is 0.774. The first-order valence-electron chi connectivity index (χ1n) is 4.29. The van der Waals surface area contributed by atoms with Crippen LogP contribution in [0.3, 0.4) is 0 Å². The van der Waals surface area contributed by atoms with Gasteiger partial charge in [-0.2, -0.15) is 5.26 Å². The molecule has 1 atom stereocenters. The lowest BCUT2D eigenvalue weighted by atomic mass is 10.2. The summed E-state index contributed by atoms with van der Waals surface area (Å²) in [7, 11) is 0. The molecular weight excluding hydrogens is 190 g/mol. The topological polar surface area (TPSA) is 23.8 Å². The fourth-order valence-electron chi connectivity index (χ4n) is 0.750. The number of halogens is 1. The van der Waals surface area contributed by atoms with E-state index in [0.29, 0.717) is 5.88 Å². The first-order chi connectivity index (χ1) is 5.68. The SMILES string of the molecule is CCCCCSC(C)(C#N)CCl. The van der Waals surface area contributed by atoms with Crippen molar-refractivity contribution in [2.24, 2.45) is 0 Å². The zero-order valence-corrected chi connectivity index (χ0v) is 9.34. The first kappa shape index (κ1) is 12.1. The van der Waals surface area contributed by atoms with E-state index < -0.39 is 0 Å². The standard InChI is InChI=1S/C9H16ClNS/c1-3-4-5-6-12-9(2,7-10)8-11/h3-7H2,1-2H3. The molecule has 0 N–H and O–H groups in total. The van der Waals surface area contributed by atoms with Gasteiger partial charge in [-0.1, -0.05) is 19.8 Å². The summed E-state index contributed by atoms with van der Waals surface area (Å²) in [4.78, 5) is 0. The fourth-order valence-corrected chi connectivity index (χ4v) is 1.98. The average Bonchev–Trinajstić information content (AvgIpc) is 2.12. The maximum atomic E-state index is 8.79. The molecule has 1 nitrogen and oxygen atoms in total. The number of nitrogens with zero attached hydrogens (tertiary/aromatic N) is 1. The van der Waals surface area contributed by atoms with Crippen LogP contribution in [0, 0.1) is 11.3 Å². The van der Waals surface area contributed by atoms with Crippen molar-refractivity contribution < 1.29 is 0 Å². The molecule has 0 amide bonds. The van der Waals surface area contributed by atoms with Gasteiger partial charge in [0, 0.05) is 0 Å². The van der Waals surface area contributed by atoms with Gasteiger partial charge in [0.2, 0.25) is 0 Å². The summed E-state index contributed by atoms with van der Waals surface area (Å²) in [6.07, 6.45) is 3.66. The van der Waals surface area contributed by atoms with Crippen molar-refractivity contribution in [2.45, 2.75) is 37.9 Å². The Morgan fingerprint density at radius 1 is 1.50 bits per heavy atom. The van der Waals surface area contributed by atoms with Crippen LogP contribution in [0.1, 0.15) is 33.1 Å². The Kier molecular flexibility index (Phi) is 6.70. The van der Waals surface area contributed by atoms with E-state index in [2.05, 4.69) is 13.0 Å². The first-order valence-corrected chi connectivity index (χ1v) is 5.81. The van der Waals surface area contributed by atoms with E-state index in [9.17, 15) is 0 Å². The minimum atomic E-state index is -0.380. The van der Waals surface area contributed by atoms with E-state index >= 15 is 0 Å². The molecule has 0 spiro atoms. The number of unbranched alkanes of at least 4 members (excludes halogenated alkanes) is 2. The molecule has 70 valence electrons. The van der Waals surface area contributed by atoms with Gasteiger partial charge < -0.3 is 0 Å². The van der Waals surface area contributed by atoms with Crippen molar-refractivity contribution in [3.8, 4) is 6.07 Å². The van der Waals surface area contributed by atoms with Gasteiger partial charge in [-0.15, -0.1) is 23.4 Å².